The summed E-state index contributed by atoms with van der Waals surface area (Å²) in [6.07, 6.45) is 0.783. The van der Waals surface area contributed by atoms with Crippen molar-refractivity contribution in [1.29, 1.82) is 0 Å². The lowest BCUT2D eigenvalue weighted by Gasteiger charge is -1.91. The van der Waals surface area contributed by atoms with Crippen LogP contribution in [0.25, 0.3) is 0 Å². The maximum Gasteiger partial charge on any atom is 0.369 e. The van der Waals surface area contributed by atoms with Gasteiger partial charge in [-0.05, 0) is 7.05 Å². The molecule has 72 valence electrons. The van der Waals surface area contributed by atoms with Crippen molar-refractivity contribution in [3.63, 3.8) is 0 Å². The second kappa shape index (κ2) is 4.88. The van der Waals surface area contributed by atoms with E-state index in [2.05, 4.69) is 20.3 Å². The Kier molecular flexibility index (Phi) is 3.78. The van der Waals surface area contributed by atoms with E-state index in [0.29, 0.717) is 5.01 Å². The Morgan fingerprint density at radius 3 is 3.00 bits per heavy atom. The van der Waals surface area contributed by atoms with E-state index in [9.17, 15) is 4.79 Å². The molecule has 0 atom stereocenters. The van der Waals surface area contributed by atoms with Gasteiger partial charge in [-0.25, -0.2) is 4.79 Å². The molecule has 0 saturated carbocycles. The molecule has 13 heavy (non-hydrogen) atoms. The minimum atomic E-state index is -0.423. The van der Waals surface area contributed by atoms with E-state index in [1.54, 1.807) is 0 Å². The molecule has 1 heterocycles. The number of methoxy groups -OCH3 is 1. The van der Waals surface area contributed by atoms with Crippen molar-refractivity contribution < 1.29 is 9.53 Å². The van der Waals surface area contributed by atoms with Gasteiger partial charge in [0, 0.05) is 13.0 Å². The first-order valence-electron chi connectivity index (χ1n) is 3.83. The van der Waals surface area contributed by atoms with E-state index in [1.807, 2.05) is 7.05 Å². The molecule has 5 nitrogen and oxygen atoms in total. The Hall–Kier alpha value is -1.01. The summed E-state index contributed by atoms with van der Waals surface area (Å²) in [6, 6.07) is 0. The first-order valence-corrected chi connectivity index (χ1v) is 4.65. The van der Waals surface area contributed by atoms with Gasteiger partial charge in [-0.2, -0.15) is 0 Å². The second-order valence-corrected chi connectivity index (χ2v) is 3.41. The third-order valence-electron chi connectivity index (χ3n) is 1.42. The van der Waals surface area contributed by atoms with Crippen LogP contribution in [-0.4, -0.2) is 36.9 Å². The molecular weight excluding hydrogens is 190 g/mol. The van der Waals surface area contributed by atoms with Gasteiger partial charge < -0.3 is 10.1 Å². The van der Waals surface area contributed by atoms with Gasteiger partial charge in [-0.15, -0.1) is 10.2 Å². The molecule has 1 rings (SSSR count). The number of hydrogen-bond acceptors (Lipinski definition) is 6. The fourth-order valence-corrected chi connectivity index (χ4v) is 1.51. The minimum absolute atomic E-state index is 0.314. The summed E-state index contributed by atoms with van der Waals surface area (Å²) < 4.78 is 4.51. The van der Waals surface area contributed by atoms with Crippen LogP contribution in [0, 0.1) is 0 Å². The standard InChI is InChI=1S/C7H11N3O2S/c1-8-4-3-5-9-10-6(13-5)7(11)12-2/h8H,3-4H2,1-2H3. The SMILES string of the molecule is CNCCc1nnc(C(=O)OC)s1. The van der Waals surface area contributed by atoms with Crippen molar-refractivity contribution >= 4 is 17.3 Å². The number of rotatable bonds is 4. The van der Waals surface area contributed by atoms with Gasteiger partial charge in [0.05, 0.1) is 7.11 Å². The predicted molar refractivity (Wildman–Crippen MR) is 48.9 cm³/mol. The van der Waals surface area contributed by atoms with Crippen molar-refractivity contribution in [2.75, 3.05) is 20.7 Å². The molecule has 0 unspecified atom stereocenters. The zero-order valence-electron chi connectivity index (χ0n) is 7.53. The van der Waals surface area contributed by atoms with Crippen LogP contribution < -0.4 is 5.32 Å². The Balaban J connectivity index is 2.58. The van der Waals surface area contributed by atoms with Gasteiger partial charge >= 0.3 is 5.97 Å². The van der Waals surface area contributed by atoms with Gasteiger partial charge in [0.2, 0.25) is 5.01 Å². The highest BCUT2D eigenvalue weighted by Gasteiger charge is 2.11. The van der Waals surface area contributed by atoms with Crippen molar-refractivity contribution in [3.8, 4) is 0 Å². The highest BCUT2D eigenvalue weighted by atomic mass is 32.1. The summed E-state index contributed by atoms with van der Waals surface area (Å²) in [5, 5.41) is 11.7. The highest BCUT2D eigenvalue weighted by molar-refractivity contribution is 7.13. The zero-order chi connectivity index (χ0) is 9.68. The Morgan fingerprint density at radius 2 is 2.38 bits per heavy atom. The van der Waals surface area contributed by atoms with Crippen LogP contribution in [0.1, 0.15) is 14.8 Å². The van der Waals surface area contributed by atoms with Crippen LogP contribution in [-0.2, 0) is 11.2 Å². The third-order valence-corrected chi connectivity index (χ3v) is 2.38. The third kappa shape index (κ3) is 2.74. The van der Waals surface area contributed by atoms with Crippen LogP contribution in [0.5, 0.6) is 0 Å². The maximum absolute atomic E-state index is 11.0. The van der Waals surface area contributed by atoms with Crippen molar-refractivity contribution in [2.45, 2.75) is 6.42 Å². The van der Waals surface area contributed by atoms with Gasteiger partial charge in [0.1, 0.15) is 5.01 Å². The van der Waals surface area contributed by atoms with Crippen molar-refractivity contribution in [2.24, 2.45) is 0 Å². The fraction of sp³-hybridized carbons (Fsp3) is 0.571. The van der Waals surface area contributed by atoms with Crippen LogP contribution in [0.3, 0.4) is 0 Å². The van der Waals surface area contributed by atoms with Gasteiger partial charge in [0.15, 0.2) is 0 Å². The second-order valence-electron chi connectivity index (χ2n) is 2.35. The number of carbonyl (C=O) groups is 1. The number of nitrogens with one attached hydrogen (secondary N) is 1. The Morgan fingerprint density at radius 1 is 1.62 bits per heavy atom. The summed E-state index contributed by atoms with van der Waals surface area (Å²) in [5.74, 6) is -0.423. The number of esters is 1. The molecule has 1 aromatic rings. The average molecular weight is 201 g/mol. The van der Waals surface area contributed by atoms with Gasteiger partial charge in [-0.3, -0.25) is 0 Å². The van der Waals surface area contributed by atoms with E-state index >= 15 is 0 Å². The fourth-order valence-electron chi connectivity index (χ4n) is 0.756. The van der Waals surface area contributed by atoms with Crippen molar-refractivity contribution in [1.82, 2.24) is 15.5 Å². The maximum atomic E-state index is 11.0. The molecule has 0 bridgehead atoms. The molecule has 0 amide bonds. The molecule has 0 spiro atoms. The van der Waals surface area contributed by atoms with Crippen LogP contribution in [0.15, 0.2) is 0 Å². The van der Waals surface area contributed by atoms with Crippen LogP contribution in [0.2, 0.25) is 0 Å². The summed E-state index contributed by atoms with van der Waals surface area (Å²) in [6.45, 7) is 0.829. The summed E-state index contributed by atoms with van der Waals surface area (Å²) in [7, 11) is 3.19. The topological polar surface area (TPSA) is 64.1 Å². The average Bonchev–Trinajstić information content (AvgIpc) is 2.62. The largest absolute Gasteiger partial charge is 0.464 e. The molecule has 0 fully saturated rings. The lowest BCUT2D eigenvalue weighted by Crippen LogP contribution is -2.09. The Labute approximate surface area is 80.1 Å². The number of hydrogen-bond donors (Lipinski definition) is 1. The summed E-state index contributed by atoms with van der Waals surface area (Å²) >= 11 is 1.27. The molecule has 0 aliphatic heterocycles. The molecule has 1 aromatic heterocycles. The molecular formula is C7H11N3O2S. The van der Waals surface area contributed by atoms with E-state index in [-0.39, 0.29) is 0 Å². The quantitative estimate of drug-likeness (QED) is 0.699. The van der Waals surface area contributed by atoms with Crippen LogP contribution in [0.4, 0.5) is 0 Å². The summed E-state index contributed by atoms with van der Waals surface area (Å²) in [4.78, 5) is 11.0. The van der Waals surface area contributed by atoms with E-state index < -0.39 is 5.97 Å². The first kappa shape index (κ1) is 10.1. The molecule has 1 N–H and O–H groups in total. The number of aromatic nitrogens is 2. The molecule has 0 aromatic carbocycles. The lowest BCUT2D eigenvalue weighted by atomic mass is 10.4. The molecule has 0 aliphatic carbocycles. The number of ether oxygens (including phenoxy) is 1. The lowest BCUT2D eigenvalue weighted by molar-refractivity contribution is 0.0599. The van der Waals surface area contributed by atoms with Gasteiger partial charge in [0.25, 0.3) is 0 Å². The number of nitrogens with zero attached hydrogens (tertiary/aromatic N) is 2. The number of carbonyl (C=O) groups excluding carboxylic acids is 1. The van der Waals surface area contributed by atoms with Gasteiger partial charge in [-0.1, -0.05) is 11.3 Å². The highest BCUT2D eigenvalue weighted by Crippen LogP contribution is 2.10. The molecule has 0 radical (unpaired) electrons. The van der Waals surface area contributed by atoms with E-state index in [1.165, 1.54) is 18.4 Å². The molecule has 0 saturated heterocycles. The van der Waals surface area contributed by atoms with E-state index in [4.69, 9.17) is 0 Å². The predicted octanol–water partition coefficient (Wildman–Crippen LogP) is 0.0866. The Bertz CT molecular complexity index is 287. The zero-order valence-corrected chi connectivity index (χ0v) is 8.35. The van der Waals surface area contributed by atoms with Crippen molar-refractivity contribution in [3.05, 3.63) is 10.0 Å². The van der Waals surface area contributed by atoms with E-state index in [0.717, 1.165) is 18.0 Å². The van der Waals surface area contributed by atoms with Crippen LogP contribution >= 0.6 is 11.3 Å². The molecule has 0 aliphatic rings. The number of likely N-dealkylation sites (N-methyl/N-ethyl adjacent to an activating group) is 1. The normalized spacial score (nSPS) is 10.0. The monoisotopic (exact) mass is 201 g/mol. The minimum Gasteiger partial charge on any atom is -0.464 e. The molecule has 6 heteroatoms. The summed E-state index contributed by atoms with van der Waals surface area (Å²) in [5.41, 5.74) is 0. The smallest absolute Gasteiger partial charge is 0.369 e. The first-order chi connectivity index (χ1) is 6.27.